The number of nitrogens with one attached hydrogen (secondary N) is 1. The first-order valence-electron chi connectivity index (χ1n) is 8.19. The molecule has 1 aromatic heterocycles. The van der Waals surface area contributed by atoms with Crippen molar-refractivity contribution < 1.29 is 27.2 Å². The molecular weight excluding hydrogens is 464 g/mol. The van der Waals surface area contributed by atoms with Crippen molar-refractivity contribution in [3.63, 3.8) is 0 Å². The molecule has 0 spiro atoms. The molecule has 0 unspecified atom stereocenters. The Morgan fingerprint density at radius 1 is 1.20 bits per heavy atom. The molecule has 1 N–H and O–H groups in total. The maximum absolute atomic E-state index is 12.9. The molecule has 156 valence electrons. The molecule has 1 fully saturated rings. The fraction of sp³-hybridized carbons (Fsp3) is 0.105. The fourth-order valence-electron chi connectivity index (χ4n) is 2.67. The van der Waals surface area contributed by atoms with Crippen LogP contribution in [0.1, 0.15) is 11.3 Å². The summed E-state index contributed by atoms with van der Waals surface area (Å²) in [5.41, 5.74) is -1.20. The largest absolute Gasteiger partial charge is 0.457 e. The number of hydrogen-bond donors (Lipinski definition) is 1. The van der Waals surface area contributed by atoms with Gasteiger partial charge in [-0.25, -0.2) is 0 Å². The molecule has 5 nitrogen and oxygen atoms in total. The summed E-state index contributed by atoms with van der Waals surface area (Å²) in [5.74, 6) is -1.21. The Bertz CT molecular complexity index is 1090. The number of thiocarbonyl (C=S) groups is 1. The van der Waals surface area contributed by atoms with Crippen molar-refractivity contribution in [3.8, 4) is 11.3 Å². The summed E-state index contributed by atoms with van der Waals surface area (Å²) in [6, 6.07) is 4.29. The number of hydrogen-bond acceptors (Lipinski definition) is 4. The molecular formula is C19H11Cl2F3N2O3S. The van der Waals surface area contributed by atoms with Crippen molar-refractivity contribution in [3.05, 3.63) is 63.9 Å². The lowest BCUT2D eigenvalue weighted by Gasteiger charge is -2.27. The first-order valence-corrected chi connectivity index (χ1v) is 9.35. The van der Waals surface area contributed by atoms with E-state index in [0.717, 1.165) is 17.0 Å². The van der Waals surface area contributed by atoms with Gasteiger partial charge in [0, 0.05) is 6.54 Å². The highest BCUT2D eigenvalue weighted by molar-refractivity contribution is 7.80. The molecule has 0 atom stereocenters. The monoisotopic (exact) mass is 474 g/mol. The third-order valence-electron chi connectivity index (χ3n) is 4.03. The molecule has 0 bridgehead atoms. The molecule has 0 aliphatic carbocycles. The predicted molar refractivity (Wildman–Crippen MR) is 110 cm³/mol. The normalized spacial score (nSPS) is 16.2. The number of amides is 2. The third-order valence-corrected chi connectivity index (χ3v) is 4.95. The zero-order valence-electron chi connectivity index (χ0n) is 14.8. The van der Waals surface area contributed by atoms with E-state index in [1.54, 1.807) is 0 Å². The molecule has 0 radical (unpaired) electrons. The number of nitrogens with zero attached hydrogens (tertiary/aromatic N) is 1. The third kappa shape index (κ3) is 4.28. The van der Waals surface area contributed by atoms with Crippen molar-refractivity contribution in [2.45, 2.75) is 6.18 Å². The van der Waals surface area contributed by atoms with E-state index in [-0.39, 0.29) is 44.4 Å². The Morgan fingerprint density at radius 3 is 2.40 bits per heavy atom. The van der Waals surface area contributed by atoms with Gasteiger partial charge in [-0.1, -0.05) is 29.3 Å². The van der Waals surface area contributed by atoms with E-state index in [4.69, 9.17) is 39.8 Å². The van der Waals surface area contributed by atoms with Crippen molar-refractivity contribution in [1.82, 2.24) is 10.2 Å². The highest BCUT2D eigenvalue weighted by Gasteiger charge is 2.34. The Balaban J connectivity index is 1.97. The summed E-state index contributed by atoms with van der Waals surface area (Å²) >= 11 is 16.9. The molecule has 2 heterocycles. The van der Waals surface area contributed by atoms with E-state index in [9.17, 15) is 22.8 Å². The van der Waals surface area contributed by atoms with Gasteiger partial charge >= 0.3 is 6.18 Å². The van der Waals surface area contributed by atoms with Crippen molar-refractivity contribution >= 4 is 58.4 Å². The Labute approximate surface area is 183 Å². The summed E-state index contributed by atoms with van der Waals surface area (Å²) in [5, 5.41) is 1.80. The van der Waals surface area contributed by atoms with Crippen LogP contribution in [0, 0.1) is 0 Å². The van der Waals surface area contributed by atoms with E-state index in [2.05, 4.69) is 11.9 Å². The second-order valence-corrected chi connectivity index (χ2v) is 7.24. The molecule has 2 aromatic rings. The van der Waals surface area contributed by atoms with Crippen LogP contribution in [0.25, 0.3) is 17.4 Å². The van der Waals surface area contributed by atoms with Crippen molar-refractivity contribution in [2.24, 2.45) is 0 Å². The van der Waals surface area contributed by atoms with E-state index >= 15 is 0 Å². The van der Waals surface area contributed by atoms with Crippen LogP contribution >= 0.6 is 35.4 Å². The van der Waals surface area contributed by atoms with Gasteiger partial charge in [0.15, 0.2) is 5.11 Å². The van der Waals surface area contributed by atoms with Crippen LogP contribution in [0.3, 0.4) is 0 Å². The quantitative estimate of drug-likeness (QED) is 0.290. The minimum Gasteiger partial charge on any atom is -0.457 e. The first-order chi connectivity index (χ1) is 14.0. The standard InChI is InChI=1S/C19H11Cl2F3N2O3S/c1-2-5-26-17(28)11(16(27)25-18(26)30)8-10-3-4-14(29-10)15-12(20)6-9(7-13(15)21)19(22,23)24/h2-4,6-8H,1,5H2,(H,25,27,30). The van der Waals surface area contributed by atoms with Gasteiger partial charge in [-0.3, -0.25) is 19.8 Å². The minimum atomic E-state index is -4.61. The molecule has 11 heteroatoms. The average Bonchev–Trinajstić information content (AvgIpc) is 3.09. The Hall–Kier alpha value is -2.62. The zero-order chi connectivity index (χ0) is 22.2. The van der Waals surface area contributed by atoms with Gasteiger partial charge in [0.2, 0.25) is 0 Å². The molecule has 0 saturated carbocycles. The maximum Gasteiger partial charge on any atom is 0.416 e. The van der Waals surface area contributed by atoms with Gasteiger partial charge in [-0.15, -0.1) is 6.58 Å². The lowest BCUT2D eigenvalue weighted by atomic mass is 10.1. The topological polar surface area (TPSA) is 62.6 Å². The lowest BCUT2D eigenvalue weighted by Crippen LogP contribution is -2.53. The predicted octanol–water partition coefficient (Wildman–Crippen LogP) is 5.08. The molecule has 1 aliphatic rings. The zero-order valence-corrected chi connectivity index (χ0v) is 17.2. The number of benzene rings is 1. The number of rotatable bonds is 4. The minimum absolute atomic E-state index is 0.0462. The second kappa shape index (κ2) is 8.25. The molecule has 1 aromatic carbocycles. The highest BCUT2D eigenvalue weighted by atomic mass is 35.5. The maximum atomic E-state index is 12.9. The first kappa shape index (κ1) is 22.1. The SMILES string of the molecule is C=CCN1C(=O)C(=Cc2ccc(-c3c(Cl)cc(C(F)(F)F)cc3Cl)o2)C(=O)NC1=S. The molecule has 1 saturated heterocycles. The number of alkyl halides is 3. The van der Waals surface area contributed by atoms with E-state index in [1.165, 1.54) is 24.3 Å². The van der Waals surface area contributed by atoms with Crippen LogP contribution in [0.5, 0.6) is 0 Å². The molecule has 1 aliphatic heterocycles. The Kier molecular flexibility index (Phi) is 6.07. The average molecular weight is 475 g/mol. The number of furan rings is 1. The summed E-state index contributed by atoms with van der Waals surface area (Å²) in [6.45, 7) is 3.62. The summed E-state index contributed by atoms with van der Waals surface area (Å²) in [6.07, 6.45) is -1.99. The van der Waals surface area contributed by atoms with Gasteiger partial charge in [-0.05, 0) is 42.6 Å². The summed E-state index contributed by atoms with van der Waals surface area (Å²) in [7, 11) is 0. The van der Waals surface area contributed by atoms with Gasteiger partial charge < -0.3 is 4.42 Å². The highest BCUT2D eigenvalue weighted by Crippen LogP contribution is 2.41. The van der Waals surface area contributed by atoms with Crippen LogP contribution < -0.4 is 5.32 Å². The smallest absolute Gasteiger partial charge is 0.416 e. The van der Waals surface area contributed by atoms with Gasteiger partial charge in [0.25, 0.3) is 11.8 Å². The van der Waals surface area contributed by atoms with Crippen LogP contribution in [0.15, 0.2) is 46.9 Å². The van der Waals surface area contributed by atoms with E-state index in [0.29, 0.717) is 0 Å². The summed E-state index contributed by atoms with van der Waals surface area (Å²) in [4.78, 5) is 25.8. The van der Waals surface area contributed by atoms with E-state index in [1.807, 2.05) is 0 Å². The van der Waals surface area contributed by atoms with Crippen LogP contribution in [-0.4, -0.2) is 28.4 Å². The van der Waals surface area contributed by atoms with Crippen LogP contribution in [0.4, 0.5) is 13.2 Å². The molecule has 30 heavy (non-hydrogen) atoms. The van der Waals surface area contributed by atoms with Gasteiger partial charge in [-0.2, -0.15) is 13.2 Å². The molecule has 2 amide bonds. The molecule has 3 rings (SSSR count). The number of carbonyl (C=O) groups excluding carboxylic acids is 2. The second-order valence-electron chi connectivity index (χ2n) is 6.04. The number of halogens is 5. The van der Waals surface area contributed by atoms with Gasteiger partial charge in [0.1, 0.15) is 17.1 Å². The Morgan fingerprint density at radius 2 is 1.83 bits per heavy atom. The van der Waals surface area contributed by atoms with Crippen molar-refractivity contribution in [2.75, 3.05) is 6.54 Å². The van der Waals surface area contributed by atoms with E-state index < -0.39 is 23.6 Å². The van der Waals surface area contributed by atoms with Gasteiger partial charge in [0.05, 0.1) is 21.2 Å². The van der Waals surface area contributed by atoms with Crippen LogP contribution in [0.2, 0.25) is 10.0 Å². The fourth-order valence-corrected chi connectivity index (χ4v) is 3.59. The van der Waals surface area contributed by atoms with Crippen molar-refractivity contribution in [1.29, 1.82) is 0 Å². The summed E-state index contributed by atoms with van der Waals surface area (Å²) < 4.78 is 44.2. The lowest BCUT2D eigenvalue weighted by molar-refractivity contribution is -0.137. The van der Waals surface area contributed by atoms with Crippen LogP contribution in [-0.2, 0) is 15.8 Å². The number of carbonyl (C=O) groups is 2.